The Balaban J connectivity index is 1.60. The van der Waals surface area contributed by atoms with Crippen LogP contribution in [0.15, 0.2) is 18.2 Å². The maximum atomic E-state index is 12.1. The normalized spacial score (nSPS) is 17.5. The fraction of sp³-hybridized carbons (Fsp3) is 0.467. The number of carbonyl (C=O) groups is 2. The Kier molecular flexibility index (Phi) is 3.34. The van der Waals surface area contributed by atoms with Gasteiger partial charge < -0.3 is 15.3 Å². The number of benzene rings is 1. The van der Waals surface area contributed by atoms with Gasteiger partial charge in [-0.2, -0.15) is 0 Å². The lowest BCUT2D eigenvalue weighted by Crippen LogP contribution is -2.40. The van der Waals surface area contributed by atoms with Crippen LogP contribution in [0.3, 0.4) is 0 Å². The van der Waals surface area contributed by atoms with Gasteiger partial charge in [0.25, 0.3) is 0 Å². The monoisotopic (exact) mass is 274 g/mol. The molecule has 20 heavy (non-hydrogen) atoms. The standard InChI is InChI=1S/C15H18N2O3/c18-14(19)11-4-5-12-8-17(9-13(12)6-11)15(20)16-7-10-2-1-3-10/h4-6,10H,1-3,7-9H2,(H,16,20)(H,18,19). The number of urea groups is 1. The summed E-state index contributed by atoms with van der Waals surface area (Å²) in [4.78, 5) is 24.7. The molecule has 1 aliphatic carbocycles. The molecule has 1 aliphatic heterocycles. The number of hydrogen-bond donors (Lipinski definition) is 2. The van der Waals surface area contributed by atoms with Gasteiger partial charge in [-0.15, -0.1) is 0 Å². The highest BCUT2D eigenvalue weighted by atomic mass is 16.4. The highest BCUT2D eigenvalue weighted by Gasteiger charge is 2.25. The number of hydrogen-bond acceptors (Lipinski definition) is 2. The van der Waals surface area contributed by atoms with Crippen LogP contribution in [0.1, 0.15) is 40.7 Å². The number of nitrogens with zero attached hydrogens (tertiary/aromatic N) is 1. The third kappa shape index (κ3) is 2.48. The van der Waals surface area contributed by atoms with Gasteiger partial charge in [0.15, 0.2) is 0 Å². The number of fused-ring (bicyclic) bond motifs is 1. The predicted molar refractivity (Wildman–Crippen MR) is 73.4 cm³/mol. The van der Waals surface area contributed by atoms with Crippen molar-refractivity contribution >= 4 is 12.0 Å². The summed E-state index contributed by atoms with van der Waals surface area (Å²) >= 11 is 0. The van der Waals surface area contributed by atoms with E-state index < -0.39 is 5.97 Å². The number of nitrogens with one attached hydrogen (secondary N) is 1. The zero-order valence-electron chi connectivity index (χ0n) is 11.3. The molecule has 0 unspecified atom stereocenters. The first-order valence-electron chi connectivity index (χ1n) is 7.01. The second-order valence-corrected chi connectivity index (χ2v) is 5.63. The zero-order valence-corrected chi connectivity index (χ0v) is 11.3. The minimum Gasteiger partial charge on any atom is -0.478 e. The molecule has 0 spiro atoms. The third-order valence-electron chi connectivity index (χ3n) is 4.23. The van der Waals surface area contributed by atoms with Crippen molar-refractivity contribution in [1.82, 2.24) is 10.2 Å². The third-order valence-corrected chi connectivity index (χ3v) is 4.23. The number of carboxylic acids is 1. The molecule has 1 heterocycles. The molecule has 2 amide bonds. The summed E-state index contributed by atoms with van der Waals surface area (Å²) in [6, 6.07) is 5.01. The van der Waals surface area contributed by atoms with Crippen LogP contribution < -0.4 is 5.32 Å². The topological polar surface area (TPSA) is 69.6 Å². The highest BCUT2D eigenvalue weighted by Crippen LogP contribution is 2.26. The molecule has 1 aromatic carbocycles. The second-order valence-electron chi connectivity index (χ2n) is 5.63. The molecule has 0 atom stereocenters. The summed E-state index contributed by atoms with van der Waals surface area (Å²) in [6.07, 6.45) is 3.69. The molecular formula is C15H18N2O3. The van der Waals surface area contributed by atoms with E-state index in [4.69, 9.17) is 5.11 Å². The summed E-state index contributed by atoms with van der Waals surface area (Å²) in [6.45, 7) is 1.81. The molecule has 0 aromatic heterocycles. The van der Waals surface area contributed by atoms with Crippen LogP contribution in [0.25, 0.3) is 0 Å². The summed E-state index contributed by atoms with van der Waals surface area (Å²) in [5, 5.41) is 11.9. The molecule has 5 nitrogen and oxygen atoms in total. The lowest BCUT2D eigenvalue weighted by Gasteiger charge is -2.26. The number of amides is 2. The Labute approximate surface area is 117 Å². The highest BCUT2D eigenvalue weighted by molar-refractivity contribution is 5.88. The van der Waals surface area contributed by atoms with Crippen LogP contribution in [0.4, 0.5) is 4.79 Å². The minimum absolute atomic E-state index is 0.0509. The second kappa shape index (κ2) is 5.15. The van der Waals surface area contributed by atoms with Gasteiger partial charge in [0.2, 0.25) is 0 Å². The number of carboxylic acid groups (broad SMARTS) is 1. The Morgan fingerprint density at radius 1 is 1.25 bits per heavy atom. The molecule has 106 valence electrons. The number of carbonyl (C=O) groups excluding carboxylic acids is 1. The van der Waals surface area contributed by atoms with Gasteiger partial charge in [-0.05, 0) is 42.0 Å². The zero-order chi connectivity index (χ0) is 14.1. The van der Waals surface area contributed by atoms with Crippen molar-refractivity contribution in [3.8, 4) is 0 Å². The van der Waals surface area contributed by atoms with Gasteiger partial charge in [-0.3, -0.25) is 0 Å². The van der Waals surface area contributed by atoms with Gasteiger partial charge in [0, 0.05) is 19.6 Å². The Hall–Kier alpha value is -2.04. The molecule has 1 aromatic rings. The minimum atomic E-state index is -0.930. The van der Waals surface area contributed by atoms with Crippen molar-refractivity contribution in [3.05, 3.63) is 34.9 Å². The van der Waals surface area contributed by atoms with Crippen molar-refractivity contribution in [1.29, 1.82) is 0 Å². The molecule has 5 heteroatoms. The average molecular weight is 274 g/mol. The summed E-state index contributed by atoms with van der Waals surface area (Å²) in [5.41, 5.74) is 2.25. The van der Waals surface area contributed by atoms with Gasteiger partial charge in [-0.1, -0.05) is 12.5 Å². The molecule has 0 bridgehead atoms. The predicted octanol–water partition coefficient (Wildman–Crippen LogP) is 2.21. The van der Waals surface area contributed by atoms with Gasteiger partial charge in [-0.25, -0.2) is 9.59 Å². The maximum Gasteiger partial charge on any atom is 0.335 e. The number of rotatable bonds is 3. The van der Waals surface area contributed by atoms with E-state index in [0.717, 1.165) is 17.7 Å². The fourth-order valence-corrected chi connectivity index (χ4v) is 2.71. The van der Waals surface area contributed by atoms with Crippen molar-refractivity contribution in [2.24, 2.45) is 5.92 Å². The molecule has 1 saturated carbocycles. The van der Waals surface area contributed by atoms with Gasteiger partial charge in [0.1, 0.15) is 0 Å². The quantitative estimate of drug-likeness (QED) is 0.887. The smallest absolute Gasteiger partial charge is 0.335 e. The van der Waals surface area contributed by atoms with Crippen molar-refractivity contribution < 1.29 is 14.7 Å². The first kappa shape index (κ1) is 13.0. The SMILES string of the molecule is O=C(O)c1ccc2c(c1)CN(C(=O)NCC1CCC1)C2. The van der Waals surface area contributed by atoms with Gasteiger partial charge in [0.05, 0.1) is 5.56 Å². The lowest BCUT2D eigenvalue weighted by molar-refractivity contribution is 0.0696. The van der Waals surface area contributed by atoms with E-state index >= 15 is 0 Å². The van der Waals surface area contributed by atoms with Gasteiger partial charge >= 0.3 is 12.0 Å². The van der Waals surface area contributed by atoms with E-state index in [0.29, 0.717) is 19.0 Å². The van der Waals surface area contributed by atoms with Crippen LogP contribution >= 0.6 is 0 Å². The molecule has 2 aliphatic rings. The first-order valence-corrected chi connectivity index (χ1v) is 7.01. The fourth-order valence-electron chi connectivity index (χ4n) is 2.71. The van der Waals surface area contributed by atoms with E-state index in [-0.39, 0.29) is 11.6 Å². The maximum absolute atomic E-state index is 12.1. The van der Waals surface area contributed by atoms with Crippen molar-refractivity contribution in [2.45, 2.75) is 32.4 Å². The summed E-state index contributed by atoms with van der Waals surface area (Å²) in [5.74, 6) is -0.289. The Morgan fingerprint density at radius 2 is 2.00 bits per heavy atom. The van der Waals surface area contributed by atoms with Crippen LogP contribution in [0.5, 0.6) is 0 Å². The summed E-state index contributed by atoms with van der Waals surface area (Å²) < 4.78 is 0. The average Bonchev–Trinajstić information content (AvgIpc) is 2.79. The van der Waals surface area contributed by atoms with Crippen LogP contribution in [0, 0.1) is 5.92 Å². The largest absolute Gasteiger partial charge is 0.478 e. The van der Waals surface area contributed by atoms with E-state index in [1.54, 1.807) is 23.1 Å². The van der Waals surface area contributed by atoms with E-state index in [2.05, 4.69) is 5.32 Å². The van der Waals surface area contributed by atoms with E-state index in [9.17, 15) is 9.59 Å². The lowest BCUT2D eigenvalue weighted by atomic mass is 9.85. The molecule has 0 saturated heterocycles. The molecule has 1 fully saturated rings. The molecule has 2 N–H and O–H groups in total. The van der Waals surface area contributed by atoms with Crippen LogP contribution in [0.2, 0.25) is 0 Å². The van der Waals surface area contributed by atoms with E-state index in [1.165, 1.54) is 19.3 Å². The van der Waals surface area contributed by atoms with Crippen LogP contribution in [-0.2, 0) is 13.1 Å². The van der Waals surface area contributed by atoms with Crippen molar-refractivity contribution in [3.63, 3.8) is 0 Å². The Bertz CT molecular complexity index is 552. The molecule has 0 radical (unpaired) electrons. The van der Waals surface area contributed by atoms with Crippen molar-refractivity contribution in [2.75, 3.05) is 6.54 Å². The molecule has 3 rings (SSSR count). The van der Waals surface area contributed by atoms with Crippen LogP contribution in [-0.4, -0.2) is 28.6 Å². The van der Waals surface area contributed by atoms with E-state index in [1.807, 2.05) is 0 Å². The summed E-state index contributed by atoms with van der Waals surface area (Å²) in [7, 11) is 0. The molecular weight excluding hydrogens is 256 g/mol. The number of aromatic carboxylic acids is 1. The Morgan fingerprint density at radius 3 is 2.65 bits per heavy atom. The first-order chi connectivity index (χ1) is 9.63.